The summed E-state index contributed by atoms with van der Waals surface area (Å²) in [5.74, 6) is 2.38. The predicted octanol–water partition coefficient (Wildman–Crippen LogP) is 4.32. The molecule has 1 aliphatic heterocycles. The maximum absolute atomic E-state index is 13.3. The third-order valence-electron chi connectivity index (χ3n) is 9.64. The fraction of sp³-hybridized carbons (Fsp3) is 0.875. The van der Waals surface area contributed by atoms with E-state index in [0.29, 0.717) is 48.4 Å². The van der Waals surface area contributed by atoms with Crippen molar-refractivity contribution in [2.75, 3.05) is 13.2 Å². The van der Waals surface area contributed by atoms with Gasteiger partial charge in [-0.25, -0.2) is 0 Å². The van der Waals surface area contributed by atoms with Crippen molar-refractivity contribution < 1.29 is 14.4 Å². The van der Waals surface area contributed by atoms with Gasteiger partial charge in [0, 0.05) is 30.2 Å². The van der Waals surface area contributed by atoms with Gasteiger partial charge in [-0.1, -0.05) is 19.0 Å². The lowest BCUT2D eigenvalue weighted by Gasteiger charge is -2.58. The van der Waals surface area contributed by atoms with Gasteiger partial charge in [0.2, 0.25) is 0 Å². The summed E-state index contributed by atoms with van der Waals surface area (Å²) in [7, 11) is 0. The molecule has 0 amide bonds. The van der Waals surface area contributed by atoms with Crippen molar-refractivity contribution in [3.8, 4) is 0 Å². The van der Waals surface area contributed by atoms with E-state index in [-0.39, 0.29) is 29.2 Å². The molecule has 1 N–H and O–H groups in total. The average molecular weight is 437 g/mol. The van der Waals surface area contributed by atoms with Crippen LogP contribution < -0.4 is 5.32 Å². The molecule has 1 heterocycles. The maximum atomic E-state index is 13.3. The van der Waals surface area contributed by atoms with Gasteiger partial charge < -0.3 is 10.2 Å². The van der Waals surface area contributed by atoms with E-state index in [1.54, 1.807) is 0 Å². The van der Waals surface area contributed by atoms with Crippen LogP contribution in [-0.4, -0.2) is 36.5 Å². The van der Waals surface area contributed by atoms with Crippen LogP contribution in [0.15, 0.2) is 5.16 Å². The third-order valence-corrected chi connectivity index (χ3v) is 9.64. The molecule has 4 saturated carbocycles. The predicted molar refractivity (Wildman–Crippen MR) is 119 cm³/mol. The Hall–Kier alpha value is -0.940. The molecule has 1 unspecified atom stereocenters. The number of hydrogen-bond acceptors (Lipinski definition) is 5. The van der Waals surface area contributed by atoms with Crippen molar-refractivity contribution in [2.45, 2.75) is 84.1 Å². The Morgan fingerprint density at radius 1 is 1.07 bits per heavy atom. The lowest BCUT2D eigenvalue weighted by atomic mass is 9.45. The lowest BCUT2D eigenvalue weighted by Crippen LogP contribution is -2.56. The van der Waals surface area contributed by atoms with Crippen LogP contribution in [0.25, 0.3) is 0 Å². The van der Waals surface area contributed by atoms with E-state index in [0.717, 1.165) is 63.6 Å². The van der Waals surface area contributed by atoms with Gasteiger partial charge in [-0.15, -0.1) is 12.4 Å². The number of rotatable bonds is 3. The highest BCUT2D eigenvalue weighted by atomic mass is 35.5. The van der Waals surface area contributed by atoms with Crippen molar-refractivity contribution in [1.82, 2.24) is 5.32 Å². The number of Topliss-reactive ketones (excluding diaryl/α,β-unsaturated/α-hetero) is 2. The van der Waals surface area contributed by atoms with E-state index in [1.807, 2.05) is 0 Å². The van der Waals surface area contributed by atoms with Crippen molar-refractivity contribution in [3.05, 3.63) is 0 Å². The molecule has 0 aromatic carbocycles. The quantitative estimate of drug-likeness (QED) is 0.669. The van der Waals surface area contributed by atoms with E-state index in [1.165, 1.54) is 6.42 Å². The summed E-state index contributed by atoms with van der Waals surface area (Å²) in [6.07, 6.45) is 9.67. The second-order valence-electron chi connectivity index (χ2n) is 11.0. The summed E-state index contributed by atoms with van der Waals surface area (Å²) in [5.41, 5.74) is 0.988. The van der Waals surface area contributed by atoms with Gasteiger partial charge in [0.1, 0.15) is 18.2 Å². The highest BCUT2D eigenvalue weighted by Gasteiger charge is 2.62. The van der Waals surface area contributed by atoms with Crippen LogP contribution in [0.4, 0.5) is 0 Å². The van der Waals surface area contributed by atoms with Crippen LogP contribution in [0.3, 0.4) is 0 Å². The number of nitrogens with zero attached hydrogens (tertiary/aromatic N) is 1. The molecule has 0 aromatic heterocycles. The largest absolute Gasteiger partial charge is 0.394 e. The molecule has 0 radical (unpaired) electrons. The molecule has 1 saturated heterocycles. The van der Waals surface area contributed by atoms with E-state index in [4.69, 9.17) is 4.84 Å². The van der Waals surface area contributed by atoms with E-state index >= 15 is 0 Å². The summed E-state index contributed by atoms with van der Waals surface area (Å²) in [6, 6.07) is 0.427. The molecule has 168 valence electrons. The fourth-order valence-electron chi connectivity index (χ4n) is 7.82. The summed E-state index contributed by atoms with van der Waals surface area (Å²) in [6.45, 7) is 6.27. The Morgan fingerprint density at radius 3 is 2.67 bits per heavy atom. The van der Waals surface area contributed by atoms with Crippen LogP contribution in [0.1, 0.15) is 78.1 Å². The Balaban J connectivity index is 0.00000218. The van der Waals surface area contributed by atoms with Crippen LogP contribution in [-0.2, 0) is 14.4 Å². The van der Waals surface area contributed by atoms with Crippen LogP contribution >= 0.6 is 12.4 Å². The molecular formula is C24H37ClN2O3. The first-order valence-corrected chi connectivity index (χ1v) is 11.9. The summed E-state index contributed by atoms with van der Waals surface area (Å²) in [4.78, 5) is 31.5. The zero-order valence-electron chi connectivity index (χ0n) is 18.5. The SMILES string of the molecule is C[C@]12CCC(=NOC[C@@H]3CCCN3)CC1C(=O)C[C@@H]1[C@@H]2CC[C@]2(C)C(=O)CC[C@@H]12.Cl. The Bertz CT molecular complexity index is 734. The molecule has 6 heteroatoms. The number of carbonyl (C=O) groups is 2. The van der Waals surface area contributed by atoms with Gasteiger partial charge in [0.15, 0.2) is 0 Å². The van der Waals surface area contributed by atoms with E-state index in [9.17, 15) is 9.59 Å². The maximum Gasteiger partial charge on any atom is 0.139 e. The first-order valence-electron chi connectivity index (χ1n) is 11.9. The number of hydrogen-bond donors (Lipinski definition) is 1. The topological polar surface area (TPSA) is 67.8 Å². The van der Waals surface area contributed by atoms with Crippen molar-refractivity contribution >= 4 is 29.7 Å². The summed E-state index contributed by atoms with van der Waals surface area (Å²) in [5, 5.41) is 7.90. The molecular weight excluding hydrogens is 400 g/mol. The average Bonchev–Trinajstić information content (AvgIpc) is 3.31. The Kier molecular flexibility index (Phi) is 6.08. The molecule has 5 rings (SSSR count). The van der Waals surface area contributed by atoms with Gasteiger partial charge in [-0.2, -0.15) is 0 Å². The molecule has 0 aromatic rings. The van der Waals surface area contributed by atoms with E-state index in [2.05, 4.69) is 24.3 Å². The number of carbonyl (C=O) groups excluding carboxylic acids is 2. The second kappa shape index (κ2) is 8.20. The Labute approximate surface area is 186 Å². The number of fused-ring (bicyclic) bond motifs is 5. The highest BCUT2D eigenvalue weighted by Crippen LogP contribution is 2.64. The standard InChI is InChI=1S/C24H36N2O3.ClH/c1-23-9-7-15(26-29-14-16-4-3-11-25-16)12-20(23)21(27)13-17-18-5-6-22(28)24(18,2)10-8-19(17)23;/h16-20,25H,3-14H2,1-2H3;1H/t16-,17-,18-,19-,20?,23+,24-;/m0./s1. The van der Waals surface area contributed by atoms with Crippen molar-refractivity contribution in [1.29, 1.82) is 0 Å². The smallest absolute Gasteiger partial charge is 0.139 e. The van der Waals surface area contributed by atoms with Crippen LogP contribution in [0.5, 0.6) is 0 Å². The third kappa shape index (κ3) is 3.44. The number of ketones is 2. The molecule has 0 bridgehead atoms. The molecule has 5 aliphatic rings. The van der Waals surface area contributed by atoms with Crippen molar-refractivity contribution in [3.63, 3.8) is 0 Å². The van der Waals surface area contributed by atoms with Crippen molar-refractivity contribution in [2.24, 2.45) is 39.7 Å². The molecule has 5 fully saturated rings. The van der Waals surface area contributed by atoms with Gasteiger partial charge in [-0.3, -0.25) is 9.59 Å². The highest BCUT2D eigenvalue weighted by molar-refractivity contribution is 5.93. The van der Waals surface area contributed by atoms with Gasteiger partial charge in [-0.05, 0) is 81.1 Å². The number of nitrogens with one attached hydrogen (secondary N) is 1. The van der Waals surface area contributed by atoms with Crippen LogP contribution in [0.2, 0.25) is 0 Å². The molecule has 0 spiro atoms. The van der Waals surface area contributed by atoms with Gasteiger partial charge in [0.25, 0.3) is 0 Å². The minimum atomic E-state index is -0.159. The zero-order chi connectivity index (χ0) is 20.2. The number of halogens is 1. The molecule has 5 nitrogen and oxygen atoms in total. The van der Waals surface area contributed by atoms with Gasteiger partial charge >= 0.3 is 0 Å². The Morgan fingerprint density at radius 2 is 1.90 bits per heavy atom. The normalized spacial score (nSPS) is 46.7. The van der Waals surface area contributed by atoms with E-state index < -0.39 is 0 Å². The molecule has 4 aliphatic carbocycles. The van der Waals surface area contributed by atoms with Crippen LogP contribution in [0, 0.1) is 34.5 Å². The second-order valence-corrected chi connectivity index (χ2v) is 11.0. The minimum Gasteiger partial charge on any atom is -0.394 e. The fourth-order valence-corrected chi connectivity index (χ4v) is 7.82. The van der Waals surface area contributed by atoms with Gasteiger partial charge in [0.05, 0.1) is 5.71 Å². The zero-order valence-corrected chi connectivity index (χ0v) is 19.3. The first kappa shape index (κ1) is 22.3. The monoisotopic (exact) mass is 436 g/mol. The molecule has 7 atom stereocenters. The number of oxime groups is 1. The summed E-state index contributed by atoms with van der Waals surface area (Å²) >= 11 is 0. The summed E-state index contributed by atoms with van der Waals surface area (Å²) < 4.78 is 0. The minimum absolute atomic E-state index is 0. The first-order chi connectivity index (χ1) is 13.9. The lowest BCUT2D eigenvalue weighted by molar-refractivity contribution is -0.152. The molecule has 30 heavy (non-hydrogen) atoms.